The fraction of sp³-hybridized carbons (Fsp3) is 0.429. The number of aliphatic hydroxyl groups excluding tert-OH is 1. The SMILES string of the molecule is NCC1(C(=O)Nc2ccc(C(=O)NCCO)cc2)CC1. The van der Waals surface area contributed by atoms with E-state index in [1.54, 1.807) is 24.3 Å². The summed E-state index contributed by atoms with van der Waals surface area (Å²) in [5.41, 5.74) is 6.34. The average Bonchev–Trinajstić information content (AvgIpc) is 3.26. The van der Waals surface area contributed by atoms with Crippen LogP contribution in [0.3, 0.4) is 0 Å². The van der Waals surface area contributed by atoms with Crippen LogP contribution in [0.5, 0.6) is 0 Å². The van der Waals surface area contributed by atoms with E-state index in [4.69, 9.17) is 10.8 Å². The molecule has 5 N–H and O–H groups in total. The van der Waals surface area contributed by atoms with Gasteiger partial charge in [-0.1, -0.05) is 0 Å². The van der Waals surface area contributed by atoms with Crippen molar-refractivity contribution in [1.82, 2.24) is 5.32 Å². The lowest BCUT2D eigenvalue weighted by molar-refractivity contribution is -0.120. The molecule has 0 bridgehead atoms. The van der Waals surface area contributed by atoms with Crippen molar-refractivity contribution in [2.24, 2.45) is 11.1 Å². The van der Waals surface area contributed by atoms with Crippen molar-refractivity contribution in [3.8, 4) is 0 Å². The zero-order valence-electron chi connectivity index (χ0n) is 11.2. The smallest absolute Gasteiger partial charge is 0.251 e. The van der Waals surface area contributed by atoms with Gasteiger partial charge in [0.05, 0.1) is 12.0 Å². The van der Waals surface area contributed by atoms with Crippen LogP contribution in [0.25, 0.3) is 0 Å². The third-order valence-corrected chi connectivity index (χ3v) is 3.53. The lowest BCUT2D eigenvalue weighted by atomic mass is 10.1. The van der Waals surface area contributed by atoms with Gasteiger partial charge in [0.15, 0.2) is 0 Å². The Morgan fingerprint density at radius 3 is 2.40 bits per heavy atom. The van der Waals surface area contributed by atoms with Crippen LogP contribution in [-0.4, -0.2) is 36.6 Å². The van der Waals surface area contributed by atoms with Gasteiger partial charge < -0.3 is 21.5 Å². The van der Waals surface area contributed by atoms with Gasteiger partial charge in [-0.3, -0.25) is 9.59 Å². The summed E-state index contributed by atoms with van der Waals surface area (Å²) in [5.74, 6) is -0.310. The number of anilines is 1. The largest absolute Gasteiger partial charge is 0.395 e. The molecule has 1 aliphatic rings. The number of carbonyl (C=O) groups is 2. The highest BCUT2D eigenvalue weighted by molar-refractivity contribution is 5.98. The highest BCUT2D eigenvalue weighted by Crippen LogP contribution is 2.45. The predicted molar refractivity (Wildman–Crippen MR) is 75.2 cm³/mol. The van der Waals surface area contributed by atoms with Crippen LogP contribution in [0.1, 0.15) is 23.2 Å². The summed E-state index contributed by atoms with van der Waals surface area (Å²) in [7, 11) is 0. The van der Waals surface area contributed by atoms with E-state index >= 15 is 0 Å². The number of hydrogen-bond donors (Lipinski definition) is 4. The van der Waals surface area contributed by atoms with E-state index in [1.807, 2.05) is 0 Å². The third kappa shape index (κ3) is 3.15. The molecule has 1 aromatic carbocycles. The summed E-state index contributed by atoms with van der Waals surface area (Å²) in [6, 6.07) is 6.62. The molecule has 0 spiro atoms. The molecule has 0 unspecified atom stereocenters. The second-order valence-corrected chi connectivity index (χ2v) is 5.00. The number of amides is 2. The minimum absolute atomic E-state index is 0.0579. The minimum atomic E-state index is -0.392. The van der Waals surface area contributed by atoms with Crippen LogP contribution in [0.4, 0.5) is 5.69 Å². The zero-order valence-corrected chi connectivity index (χ0v) is 11.2. The van der Waals surface area contributed by atoms with E-state index in [-0.39, 0.29) is 25.0 Å². The van der Waals surface area contributed by atoms with Gasteiger partial charge in [0, 0.05) is 24.3 Å². The molecule has 6 nitrogen and oxygen atoms in total. The number of hydrogen-bond acceptors (Lipinski definition) is 4. The first-order valence-electron chi connectivity index (χ1n) is 6.62. The summed E-state index contributed by atoms with van der Waals surface area (Å²) in [6.45, 7) is 0.484. The van der Waals surface area contributed by atoms with E-state index < -0.39 is 5.41 Å². The molecule has 1 saturated carbocycles. The Kier molecular flexibility index (Phi) is 4.36. The van der Waals surface area contributed by atoms with Gasteiger partial charge in [0.25, 0.3) is 5.91 Å². The van der Waals surface area contributed by atoms with Crippen LogP contribution in [0.15, 0.2) is 24.3 Å². The number of rotatable bonds is 6. The van der Waals surface area contributed by atoms with Gasteiger partial charge in [0.2, 0.25) is 5.91 Å². The first-order chi connectivity index (χ1) is 9.61. The van der Waals surface area contributed by atoms with Crippen molar-refractivity contribution < 1.29 is 14.7 Å². The maximum absolute atomic E-state index is 12.0. The highest BCUT2D eigenvalue weighted by Gasteiger charge is 2.48. The number of nitrogens with two attached hydrogens (primary N) is 1. The van der Waals surface area contributed by atoms with Gasteiger partial charge in [-0.05, 0) is 37.1 Å². The molecule has 1 aromatic rings. The Hall–Kier alpha value is -1.92. The predicted octanol–water partition coefficient (Wildman–Crippen LogP) is 0.0861. The third-order valence-electron chi connectivity index (χ3n) is 3.53. The molecule has 0 saturated heterocycles. The molecule has 0 heterocycles. The molecule has 108 valence electrons. The van der Waals surface area contributed by atoms with E-state index in [0.29, 0.717) is 17.8 Å². The van der Waals surface area contributed by atoms with Crippen molar-refractivity contribution in [3.05, 3.63) is 29.8 Å². The monoisotopic (exact) mass is 277 g/mol. The normalized spacial score (nSPS) is 15.5. The summed E-state index contributed by atoms with van der Waals surface area (Å²) < 4.78 is 0. The van der Waals surface area contributed by atoms with Crippen molar-refractivity contribution >= 4 is 17.5 Å². The van der Waals surface area contributed by atoms with Gasteiger partial charge in [-0.25, -0.2) is 0 Å². The van der Waals surface area contributed by atoms with Gasteiger partial charge in [-0.15, -0.1) is 0 Å². The van der Waals surface area contributed by atoms with Crippen molar-refractivity contribution in [1.29, 1.82) is 0 Å². The molecule has 1 fully saturated rings. The van der Waals surface area contributed by atoms with E-state index in [9.17, 15) is 9.59 Å². The van der Waals surface area contributed by atoms with E-state index in [2.05, 4.69) is 10.6 Å². The van der Waals surface area contributed by atoms with Gasteiger partial charge >= 0.3 is 0 Å². The Morgan fingerprint density at radius 2 is 1.90 bits per heavy atom. The second kappa shape index (κ2) is 6.02. The van der Waals surface area contributed by atoms with Crippen molar-refractivity contribution in [3.63, 3.8) is 0 Å². The van der Waals surface area contributed by atoms with Crippen LogP contribution in [0, 0.1) is 5.41 Å². The number of carbonyl (C=O) groups excluding carboxylic acids is 2. The maximum atomic E-state index is 12.0. The Balaban J connectivity index is 1.95. The Morgan fingerprint density at radius 1 is 1.25 bits per heavy atom. The summed E-state index contributed by atoms with van der Waals surface area (Å²) >= 11 is 0. The standard InChI is InChI=1S/C14H19N3O3/c15-9-14(5-6-14)13(20)17-11-3-1-10(2-4-11)12(19)16-7-8-18/h1-4,18H,5-9,15H2,(H,16,19)(H,17,20). The number of aliphatic hydroxyl groups is 1. The first kappa shape index (κ1) is 14.5. The highest BCUT2D eigenvalue weighted by atomic mass is 16.3. The number of benzene rings is 1. The molecule has 0 aliphatic heterocycles. The average molecular weight is 277 g/mol. The van der Waals surface area contributed by atoms with Gasteiger partial charge in [0.1, 0.15) is 0 Å². The molecule has 0 atom stereocenters. The second-order valence-electron chi connectivity index (χ2n) is 5.00. The molecule has 0 radical (unpaired) electrons. The fourth-order valence-electron chi connectivity index (χ4n) is 1.91. The van der Waals surface area contributed by atoms with Crippen LogP contribution in [-0.2, 0) is 4.79 Å². The molecule has 2 amide bonds. The molecular weight excluding hydrogens is 258 g/mol. The Labute approximate surface area is 117 Å². The topological polar surface area (TPSA) is 104 Å². The molecule has 20 heavy (non-hydrogen) atoms. The van der Waals surface area contributed by atoms with Crippen LogP contribution < -0.4 is 16.4 Å². The fourth-order valence-corrected chi connectivity index (χ4v) is 1.91. The zero-order chi connectivity index (χ0) is 14.6. The molecule has 0 aromatic heterocycles. The molecule has 6 heteroatoms. The van der Waals surface area contributed by atoms with Crippen LogP contribution >= 0.6 is 0 Å². The minimum Gasteiger partial charge on any atom is -0.395 e. The van der Waals surface area contributed by atoms with E-state index in [1.165, 1.54) is 0 Å². The van der Waals surface area contributed by atoms with E-state index in [0.717, 1.165) is 12.8 Å². The van der Waals surface area contributed by atoms with Gasteiger partial charge in [-0.2, -0.15) is 0 Å². The summed E-state index contributed by atoms with van der Waals surface area (Å²) in [6.07, 6.45) is 1.66. The summed E-state index contributed by atoms with van der Waals surface area (Å²) in [5, 5.41) is 14.0. The molecule has 1 aliphatic carbocycles. The first-order valence-corrected chi connectivity index (χ1v) is 6.62. The maximum Gasteiger partial charge on any atom is 0.251 e. The summed E-state index contributed by atoms with van der Waals surface area (Å²) in [4.78, 5) is 23.6. The lowest BCUT2D eigenvalue weighted by Gasteiger charge is -2.13. The molecule has 2 rings (SSSR count). The number of nitrogens with one attached hydrogen (secondary N) is 2. The lowest BCUT2D eigenvalue weighted by Crippen LogP contribution is -2.30. The van der Waals surface area contributed by atoms with Crippen molar-refractivity contribution in [2.75, 3.05) is 25.0 Å². The quantitative estimate of drug-likeness (QED) is 0.591. The van der Waals surface area contributed by atoms with Crippen molar-refractivity contribution in [2.45, 2.75) is 12.8 Å². The Bertz CT molecular complexity index is 495. The molecular formula is C14H19N3O3. The van der Waals surface area contributed by atoms with Crippen LogP contribution in [0.2, 0.25) is 0 Å².